The monoisotopic (exact) mass is 464 g/mol. The number of hydrogen-bond donors (Lipinski definition) is 2. The number of nitrogens with one attached hydrogen (secondary N) is 1. The largest absolute Gasteiger partial charge is 0.480 e. The molecule has 2 N–H and O–H groups in total. The van der Waals surface area contributed by atoms with Crippen molar-refractivity contribution >= 4 is 23.0 Å². The van der Waals surface area contributed by atoms with Gasteiger partial charge in [-0.2, -0.15) is 0 Å². The number of carbonyl (C=O) groups excluding carboxylic acids is 1. The molecule has 0 radical (unpaired) electrons. The summed E-state index contributed by atoms with van der Waals surface area (Å²) >= 11 is 0. The van der Waals surface area contributed by atoms with E-state index in [4.69, 9.17) is 0 Å². The van der Waals surface area contributed by atoms with E-state index < -0.39 is 29.6 Å². The Kier molecular flexibility index (Phi) is 6.91. The van der Waals surface area contributed by atoms with Gasteiger partial charge in [-0.15, -0.1) is 0 Å². The maximum Gasteiger partial charge on any atom is 0.326 e. The van der Waals surface area contributed by atoms with Crippen LogP contribution in [0.15, 0.2) is 66.9 Å². The van der Waals surface area contributed by atoms with Gasteiger partial charge in [0.05, 0.1) is 6.54 Å². The van der Waals surface area contributed by atoms with Crippen molar-refractivity contribution in [3.63, 3.8) is 0 Å². The normalized spacial score (nSPS) is 11.9. The number of halogens is 2. The third-order valence-corrected chi connectivity index (χ3v) is 5.40. The molecule has 4 rings (SSSR count). The Morgan fingerprint density at radius 1 is 1.00 bits per heavy atom. The predicted octanol–water partition coefficient (Wildman–Crippen LogP) is 3.50. The molecule has 0 unspecified atom stereocenters. The minimum atomic E-state index is -1.12. The Bertz CT molecular complexity index is 1320. The summed E-state index contributed by atoms with van der Waals surface area (Å²) in [4.78, 5) is 33.1. The number of rotatable bonds is 9. The molecule has 2 aromatic heterocycles. The lowest BCUT2D eigenvalue weighted by Crippen LogP contribution is -2.42. The van der Waals surface area contributed by atoms with E-state index in [1.54, 1.807) is 35.0 Å². The number of carbonyl (C=O) groups is 2. The van der Waals surface area contributed by atoms with Gasteiger partial charge < -0.3 is 15.0 Å². The van der Waals surface area contributed by atoms with E-state index >= 15 is 0 Å². The maximum absolute atomic E-state index is 13.7. The number of fused-ring (bicyclic) bond motifs is 1. The lowest BCUT2D eigenvalue weighted by molar-refractivity contribution is -0.141. The zero-order chi connectivity index (χ0) is 24.1. The number of carboxylic acids is 1. The van der Waals surface area contributed by atoms with Crippen LogP contribution in [0.1, 0.15) is 23.4 Å². The van der Waals surface area contributed by atoms with Gasteiger partial charge in [0.15, 0.2) is 17.3 Å². The number of aromatic nitrogens is 3. The van der Waals surface area contributed by atoms with Crippen LogP contribution in [0.4, 0.5) is 8.78 Å². The number of pyridine rings is 1. The van der Waals surface area contributed by atoms with Gasteiger partial charge in [-0.25, -0.2) is 23.5 Å². The zero-order valence-electron chi connectivity index (χ0n) is 18.1. The van der Waals surface area contributed by atoms with Gasteiger partial charge >= 0.3 is 5.97 Å². The van der Waals surface area contributed by atoms with Gasteiger partial charge in [0.2, 0.25) is 5.91 Å². The van der Waals surface area contributed by atoms with Gasteiger partial charge in [-0.1, -0.05) is 36.4 Å². The highest BCUT2D eigenvalue weighted by molar-refractivity contribution is 5.84. The minimum absolute atomic E-state index is 0.000327. The maximum atomic E-state index is 13.7. The second-order valence-corrected chi connectivity index (χ2v) is 7.86. The van der Waals surface area contributed by atoms with Crippen LogP contribution in [0.3, 0.4) is 0 Å². The molecule has 2 heterocycles. The van der Waals surface area contributed by atoms with E-state index in [0.29, 0.717) is 22.6 Å². The fraction of sp³-hybridized carbons (Fsp3) is 0.200. The smallest absolute Gasteiger partial charge is 0.326 e. The van der Waals surface area contributed by atoms with Gasteiger partial charge in [-0.3, -0.25) is 4.79 Å². The summed E-state index contributed by atoms with van der Waals surface area (Å²) in [5.41, 5.74) is 2.47. The van der Waals surface area contributed by atoms with Crippen molar-refractivity contribution in [2.75, 3.05) is 0 Å². The molecule has 0 fully saturated rings. The number of nitrogens with zero attached hydrogens (tertiary/aromatic N) is 3. The average Bonchev–Trinajstić information content (AvgIpc) is 3.17. The summed E-state index contributed by atoms with van der Waals surface area (Å²) in [6, 6.07) is 15.1. The topological polar surface area (TPSA) is 97.1 Å². The molecule has 1 atom stereocenters. The first-order valence-corrected chi connectivity index (χ1v) is 10.7. The second kappa shape index (κ2) is 10.2. The standard InChI is InChI=1S/C25H22F2N4O3/c26-18-9-8-17(13-19(18)27)15-31-22(29-20-7-4-12-28-24(20)31)10-11-23(32)30-21(25(33)34)14-16-5-2-1-3-6-16/h1-9,12-13,21H,10-11,14-15H2,(H,30,32)(H,33,34)/t21-/m1/s1. The van der Waals surface area contributed by atoms with Crippen molar-refractivity contribution in [1.82, 2.24) is 19.9 Å². The van der Waals surface area contributed by atoms with Crippen LogP contribution in [0.2, 0.25) is 0 Å². The third-order valence-electron chi connectivity index (χ3n) is 5.40. The summed E-state index contributed by atoms with van der Waals surface area (Å²) in [6.45, 7) is 0.188. The molecule has 0 spiro atoms. The van der Waals surface area contributed by atoms with Gasteiger partial charge in [-0.05, 0) is 35.4 Å². The third kappa shape index (κ3) is 5.43. The number of benzene rings is 2. The molecule has 2 aromatic carbocycles. The number of amides is 1. The molecular weight excluding hydrogens is 442 g/mol. The van der Waals surface area contributed by atoms with Crippen LogP contribution >= 0.6 is 0 Å². The van der Waals surface area contributed by atoms with Gasteiger partial charge in [0, 0.05) is 25.5 Å². The Balaban J connectivity index is 1.49. The first-order chi connectivity index (χ1) is 16.4. The van der Waals surface area contributed by atoms with E-state index in [2.05, 4.69) is 15.3 Å². The van der Waals surface area contributed by atoms with E-state index in [0.717, 1.165) is 17.7 Å². The Hall–Kier alpha value is -4.14. The van der Waals surface area contributed by atoms with Crippen LogP contribution in [-0.4, -0.2) is 37.6 Å². The Labute approximate surface area is 194 Å². The minimum Gasteiger partial charge on any atom is -0.480 e. The second-order valence-electron chi connectivity index (χ2n) is 7.86. The molecule has 1 amide bonds. The molecule has 34 heavy (non-hydrogen) atoms. The van der Waals surface area contributed by atoms with Crippen molar-refractivity contribution in [1.29, 1.82) is 0 Å². The molecule has 7 nitrogen and oxygen atoms in total. The predicted molar refractivity (Wildman–Crippen MR) is 121 cm³/mol. The molecule has 0 aliphatic rings. The van der Waals surface area contributed by atoms with E-state index in [1.807, 2.05) is 18.2 Å². The SMILES string of the molecule is O=C(CCc1nc2cccnc2n1Cc1ccc(F)c(F)c1)N[C@H](Cc1ccccc1)C(=O)O. The first-order valence-electron chi connectivity index (χ1n) is 10.7. The van der Waals surface area contributed by atoms with Crippen LogP contribution < -0.4 is 5.32 Å². The van der Waals surface area contributed by atoms with Crippen molar-refractivity contribution in [3.05, 3.63) is 95.4 Å². The highest BCUT2D eigenvalue weighted by Gasteiger charge is 2.21. The highest BCUT2D eigenvalue weighted by Crippen LogP contribution is 2.18. The van der Waals surface area contributed by atoms with Crippen LogP contribution in [0.25, 0.3) is 11.2 Å². The fourth-order valence-corrected chi connectivity index (χ4v) is 3.72. The molecule has 4 aromatic rings. The number of aryl methyl sites for hydroxylation is 1. The van der Waals surface area contributed by atoms with Crippen molar-refractivity contribution in [3.8, 4) is 0 Å². The quantitative estimate of drug-likeness (QED) is 0.395. The Morgan fingerprint density at radius 3 is 2.53 bits per heavy atom. The fourth-order valence-electron chi connectivity index (χ4n) is 3.72. The summed E-state index contributed by atoms with van der Waals surface area (Å²) in [6.07, 6.45) is 1.98. The number of carboxylic acid groups (broad SMARTS) is 1. The summed E-state index contributed by atoms with van der Waals surface area (Å²) in [5, 5.41) is 12.1. The Morgan fingerprint density at radius 2 is 1.79 bits per heavy atom. The summed E-state index contributed by atoms with van der Waals surface area (Å²) < 4.78 is 28.8. The van der Waals surface area contributed by atoms with Crippen molar-refractivity contribution in [2.24, 2.45) is 0 Å². The van der Waals surface area contributed by atoms with Crippen LogP contribution in [-0.2, 0) is 29.0 Å². The molecule has 0 aliphatic heterocycles. The molecule has 0 saturated heterocycles. The molecule has 174 valence electrons. The van der Waals surface area contributed by atoms with E-state index in [9.17, 15) is 23.5 Å². The van der Waals surface area contributed by atoms with Gasteiger partial charge in [0.25, 0.3) is 0 Å². The first kappa shape index (κ1) is 23.0. The van der Waals surface area contributed by atoms with E-state index in [-0.39, 0.29) is 25.8 Å². The summed E-state index contributed by atoms with van der Waals surface area (Å²) in [7, 11) is 0. The van der Waals surface area contributed by atoms with Gasteiger partial charge in [0.1, 0.15) is 17.4 Å². The molecule has 0 saturated carbocycles. The molecule has 0 bridgehead atoms. The highest BCUT2D eigenvalue weighted by atomic mass is 19.2. The molecule has 9 heteroatoms. The molecular formula is C25H22F2N4O3. The lowest BCUT2D eigenvalue weighted by Gasteiger charge is -2.15. The van der Waals surface area contributed by atoms with E-state index in [1.165, 1.54) is 6.07 Å². The number of hydrogen-bond acceptors (Lipinski definition) is 4. The number of imidazole rings is 1. The summed E-state index contributed by atoms with van der Waals surface area (Å²) in [5.74, 6) is -2.90. The van der Waals surface area contributed by atoms with Crippen LogP contribution in [0.5, 0.6) is 0 Å². The molecule has 0 aliphatic carbocycles. The number of aliphatic carboxylic acids is 1. The zero-order valence-corrected chi connectivity index (χ0v) is 18.1. The lowest BCUT2D eigenvalue weighted by atomic mass is 10.1. The van der Waals surface area contributed by atoms with Crippen molar-refractivity contribution < 1.29 is 23.5 Å². The van der Waals surface area contributed by atoms with Crippen LogP contribution in [0, 0.1) is 11.6 Å². The van der Waals surface area contributed by atoms with Crippen molar-refractivity contribution in [2.45, 2.75) is 31.8 Å². The average molecular weight is 464 g/mol.